The van der Waals surface area contributed by atoms with Gasteiger partial charge in [-0.15, -0.1) is 0 Å². The molecule has 2 rings (SSSR count). The standard InChI is InChI=1S/C22H35N3O2/c1-18(2)25(19(3)26)17-13-22(21(23)27,20-10-6-4-7-11-20)12-16-24-14-8-5-9-15-24/h4,6-7,10-11,18H,5,8-9,12-17H2,1-3H3,(H2,23,27)/t22-/m1/s1. The van der Waals surface area contributed by atoms with Crippen molar-refractivity contribution in [1.29, 1.82) is 0 Å². The first-order valence-corrected chi connectivity index (χ1v) is 10.2. The Labute approximate surface area is 163 Å². The van der Waals surface area contributed by atoms with E-state index in [4.69, 9.17) is 5.73 Å². The van der Waals surface area contributed by atoms with E-state index in [1.807, 2.05) is 49.1 Å². The molecule has 0 aromatic heterocycles. The number of benzene rings is 1. The van der Waals surface area contributed by atoms with E-state index in [1.165, 1.54) is 19.3 Å². The normalized spacial score (nSPS) is 17.5. The van der Waals surface area contributed by atoms with E-state index >= 15 is 0 Å². The number of likely N-dealkylation sites (tertiary alicyclic amines) is 1. The minimum atomic E-state index is -0.749. The largest absolute Gasteiger partial charge is 0.369 e. The Balaban J connectivity index is 2.24. The van der Waals surface area contributed by atoms with Crippen LogP contribution in [-0.2, 0) is 15.0 Å². The molecular weight excluding hydrogens is 338 g/mol. The van der Waals surface area contributed by atoms with Gasteiger partial charge in [0, 0.05) is 19.5 Å². The fourth-order valence-electron chi connectivity index (χ4n) is 4.18. The molecule has 0 radical (unpaired) electrons. The summed E-state index contributed by atoms with van der Waals surface area (Å²) in [7, 11) is 0. The quantitative estimate of drug-likeness (QED) is 0.724. The van der Waals surface area contributed by atoms with Crippen molar-refractivity contribution in [3.05, 3.63) is 35.9 Å². The van der Waals surface area contributed by atoms with Crippen LogP contribution in [0.1, 0.15) is 58.4 Å². The van der Waals surface area contributed by atoms with Crippen LogP contribution in [0, 0.1) is 0 Å². The first-order valence-electron chi connectivity index (χ1n) is 10.2. The van der Waals surface area contributed by atoms with Crippen LogP contribution in [0.3, 0.4) is 0 Å². The van der Waals surface area contributed by atoms with E-state index in [-0.39, 0.29) is 17.9 Å². The Morgan fingerprint density at radius 1 is 1.11 bits per heavy atom. The summed E-state index contributed by atoms with van der Waals surface area (Å²) in [5, 5.41) is 0. The predicted octanol–water partition coefficient (Wildman–Crippen LogP) is 2.93. The third-order valence-electron chi connectivity index (χ3n) is 5.91. The van der Waals surface area contributed by atoms with Gasteiger partial charge in [-0.3, -0.25) is 9.59 Å². The molecule has 0 aliphatic carbocycles. The number of carbonyl (C=O) groups excluding carboxylic acids is 2. The van der Waals surface area contributed by atoms with E-state index in [9.17, 15) is 9.59 Å². The van der Waals surface area contributed by atoms with E-state index in [0.717, 1.165) is 25.2 Å². The first-order chi connectivity index (χ1) is 12.9. The van der Waals surface area contributed by atoms with Gasteiger partial charge in [0.05, 0.1) is 5.41 Å². The summed E-state index contributed by atoms with van der Waals surface area (Å²) < 4.78 is 0. The van der Waals surface area contributed by atoms with Crippen molar-refractivity contribution in [3.63, 3.8) is 0 Å². The second-order valence-electron chi connectivity index (χ2n) is 8.02. The number of rotatable bonds is 9. The summed E-state index contributed by atoms with van der Waals surface area (Å²) in [5.74, 6) is -0.259. The molecule has 1 aromatic rings. The molecule has 1 aliphatic rings. The van der Waals surface area contributed by atoms with Crippen LogP contribution in [0.5, 0.6) is 0 Å². The van der Waals surface area contributed by atoms with Gasteiger partial charge in [-0.05, 0) is 64.7 Å². The summed E-state index contributed by atoms with van der Waals surface area (Å²) in [5.41, 5.74) is 6.21. The molecular formula is C22H35N3O2. The maximum absolute atomic E-state index is 12.7. The lowest BCUT2D eigenvalue weighted by Gasteiger charge is -2.37. The number of carbonyl (C=O) groups is 2. The highest BCUT2D eigenvalue weighted by atomic mass is 16.2. The van der Waals surface area contributed by atoms with Crippen LogP contribution in [0.15, 0.2) is 30.3 Å². The lowest BCUT2D eigenvalue weighted by atomic mass is 9.73. The van der Waals surface area contributed by atoms with Crippen molar-refractivity contribution in [3.8, 4) is 0 Å². The minimum absolute atomic E-state index is 0.0347. The Morgan fingerprint density at radius 3 is 2.26 bits per heavy atom. The first kappa shape index (κ1) is 21.4. The number of hydrogen-bond donors (Lipinski definition) is 1. The lowest BCUT2D eigenvalue weighted by Crippen LogP contribution is -2.48. The lowest BCUT2D eigenvalue weighted by molar-refractivity contribution is -0.132. The van der Waals surface area contributed by atoms with Gasteiger partial charge in [-0.1, -0.05) is 36.8 Å². The van der Waals surface area contributed by atoms with Crippen molar-refractivity contribution >= 4 is 11.8 Å². The molecule has 2 amide bonds. The van der Waals surface area contributed by atoms with Crippen molar-refractivity contribution in [2.45, 2.75) is 64.3 Å². The average molecular weight is 374 g/mol. The van der Waals surface area contributed by atoms with Gasteiger partial charge in [0.15, 0.2) is 0 Å². The molecule has 0 saturated carbocycles. The monoisotopic (exact) mass is 373 g/mol. The van der Waals surface area contributed by atoms with Gasteiger partial charge in [0.2, 0.25) is 11.8 Å². The van der Waals surface area contributed by atoms with Crippen LogP contribution in [-0.4, -0.2) is 53.8 Å². The van der Waals surface area contributed by atoms with Crippen LogP contribution in [0.4, 0.5) is 0 Å². The van der Waals surface area contributed by atoms with Crippen molar-refractivity contribution in [2.75, 3.05) is 26.2 Å². The zero-order chi connectivity index (χ0) is 19.9. The Morgan fingerprint density at radius 2 is 1.74 bits per heavy atom. The van der Waals surface area contributed by atoms with E-state index in [1.54, 1.807) is 6.92 Å². The molecule has 0 spiro atoms. The van der Waals surface area contributed by atoms with Gasteiger partial charge >= 0.3 is 0 Å². The molecule has 0 bridgehead atoms. The average Bonchev–Trinajstić information content (AvgIpc) is 2.65. The summed E-state index contributed by atoms with van der Waals surface area (Å²) >= 11 is 0. The molecule has 1 aromatic carbocycles. The van der Waals surface area contributed by atoms with Crippen LogP contribution < -0.4 is 5.73 Å². The maximum Gasteiger partial charge on any atom is 0.228 e. The van der Waals surface area contributed by atoms with E-state index < -0.39 is 5.41 Å². The number of nitrogens with two attached hydrogens (primary N) is 1. The summed E-state index contributed by atoms with van der Waals surface area (Å²) in [6.45, 7) is 9.17. The number of nitrogens with zero attached hydrogens (tertiary/aromatic N) is 2. The number of primary amides is 1. The Kier molecular flexibility index (Phi) is 7.84. The summed E-state index contributed by atoms with van der Waals surface area (Å²) in [4.78, 5) is 29.0. The zero-order valence-electron chi connectivity index (χ0n) is 17.1. The van der Waals surface area contributed by atoms with Crippen LogP contribution in [0.25, 0.3) is 0 Å². The highest BCUT2D eigenvalue weighted by molar-refractivity contribution is 5.87. The third kappa shape index (κ3) is 5.55. The van der Waals surface area contributed by atoms with Gasteiger partial charge < -0.3 is 15.5 Å². The molecule has 1 aliphatic heterocycles. The molecule has 2 N–H and O–H groups in total. The van der Waals surface area contributed by atoms with Gasteiger partial charge in [-0.2, -0.15) is 0 Å². The van der Waals surface area contributed by atoms with Crippen molar-refractivity contribution < 1.29 is 9.59 Å². The molecule has 1 fully saturated rings. The highest BCUT2D eigenvalue weighted by Crippen LogP contribution is 2.33. The summed E-state index contributed by atoms with van der Waals surface area (Å²) in [6.07, 6.45) is 4.98. The fraction of sp³-hybridized carbons (Fsp3) is 0.636. The predicted molar refractivity (Wildman–Crippen MR) is 109 cm³/mol. The molecule has 1 atom stereocenters. The third-order valence-corrected chi connectivity index (χ3v) is 5.91. The van der Waals surface area contributed by atoms with Gasteiger partial charge in [-0.25, -0.2) is 0 Å². The molecule has 1 heterocycles. The highest BCUT2D eigenvalue weighted by Gasteiger charge is 2.39. The Hall–Kier alpha value is -1.88. The van der Waals surface area contributed by atoms with Crippen LogP contribution in [0.2, 0.25) is 0 Å². The zero-order valence-corrected chi connectivity index (χ0v) is 17.1. The smallest absolute Gasteiger partial charge is 0.228 e. The van der Waals surface area contributed by atoms with Crippen molar-refractivity contribution in [2.24, 2.45) is 5.73 Å². The van der Waals surface area contributed by atoms with Crippen LogP contribution >= 0.6 is 0 Å². The van der Waals surface area contributed by atoms with E-state index in [2.05, 4.69) is 4.90 Å². The molecule has 5 nitrogen and oxygen atoms in total. The molecule has 150 valence electrons. The second-order valence-corrected chi connectivity index (χ2v) is 8.02. The Bertz CT molecular complexity index is 611. The topological polar surface area (TPSA) is 66.6 Å². The molecule has 27 heavy (non-hydrogen) atoms. The number of amides is 2. The number of hydrogen-bond acceptors (Lipinski definition) is 3. The van der Waals surface area contributed by atoms with Gasteiger partial charge in [0.25, 0.3) is 0 Å². The minimum Gasteiger partial charge on any atom is -0.369 e. The second kappa shape index (κ2) is 9.88. The van der Waals surface area contributed by atoms with Crippen molar-refractivity contribution in [1.82, 2.24) is 9.80 Å². The molecule has 1 saturated heterocycles. The maximum atomic E-state index is 12.7. The molecule has 0 unspecified atom stereocenters. The van der Waals surface area contributed by atoms with E-state index in [0.29, 0.717) is 19.4 Å². The SMILES string of the molecule is CC(=O)N(CC[C@@](CCN1CCCCC1)(C(N)=O)c1ccccc1)C(C)C. The summed E-state index contributed by atoms with van der Waals surface area (Å²) in [6, 6.07) is 9.96. The van der Waals surface area contributed by atoms with Gasteiger partial charge in [0.1, 0.15) is 0 Å². The number of piperidine rings is 1. The fourth-order valence-corrected chi connectivity index (χ4v) is 4.18. The molecule has 5 heteroatoms.